The molecule has 5 aromatic heterocycles. The molecule has 0 aliphatic heterocycles. The van der Waals surface area contributed by atoms with Crippen molar-refractivity contribution in [2.24, 2.45) is 0 Å². The van der Waals surface area contributed by atoms with E-state index in [1.165, 1.54) is 6.33 Å². The largest absolute Gasteiger partial charge is 0.457 e. The molecular weight excluding hydrogens is 661 g/mol. The van der Waals surface area contributed by atoms with Gasteiger partial charge in [0.25, 0.3) is 0 Å². The first kappa shape index (κ1) is 30.4. The van der Waals surface area contributed by atoms with E-state index in [0.29, 0.717) is 34.4 Å². The van der Waals surface area contributed by atoms with Crippen LogP contribution in [0, 0.1) is 6.92 Å². The van der Waals surface area contributed by atoms with Crippen LogP contribution in [0.15, 0.2) is 152 Å². The zero-order valence-electron chi connectivity index (χ0n) is 28.3. The molecule has 0 saturated carbocycles. The first-order valence-electron chi connectivity index (χ1n) is 17.1. The van der Waals surface area contributed by atoms with E-state index in [4.69, 9.17) is 9.47 Å². The summed E-state index contributed by atoms with van der Waals surface area (Å²) >= 11 is 0. The first-order chi connectivity index (χ1) is 26.2. The van der Waals surface area contributed by atoms with Gasteiger partial charge in [0, 0.05) is 57.2 Å². The molecule has 10 aromatic rings. The molecule has 0 radical (unpaired) electrons. The Hall–Kier alpha value is -7.46. The van der Waals surface area contributed by atoms with Crippen molar-refractivity contribution < 1.29 is 9.47 Å². The molecule has 0 amide bonds. The smallest absolute Gasteiger partial charge is 0.203 e. The number of nitrogens with zero attached hydrogens (tertiary/aromatic N) is 8. The molecular formula is C43H28N8O2. The lowest BCUT2D eigenvalue weighted by Crippen LogP contribution is -1.99. The number of benzene rings is 5. The number of aromatic nitrogens is 8. The van der Waals surface area contributed by atoms with Gasteiger partial charge in [0.1, 0.15) is 34.6 Å². The standard InChI is InChI=1S/C43H28N8O2/c1-27-39(52-29-16-18-33-31-10-2-4-12-35(31)50(37(33)24-29)41-14-6-8-20-44-41)22-28(43-48-46-26-47-49-43)23-40(27)53-30-17-19-34-32-11-3-5-13-36(32)51(38(34)25-30)42-15-7-9-21-45-42/h2-26H,1H3. The van der Waals surface area contributed by atoms with E-state index >= 15 is 0 Å². The van der Waals surface area contributed by atoms with Crippen LogP contribution in [0.3, 0.4) is 0 Å². The average molecular weight is 689 g/mol. The fraction of sp³-hybridized carbons (Fsp3) is 0.0233. The molecule has 10 nitrogen and oxygen atoms in total. The van der Waals surface area contributed by atoms with E-state index in [9.17, 15) is 0 Å². The van der Waals surface area contributed by atoms with Gasteiger partial charge in [0.2, 0.25) is 5.82 Å². The van der Waals surface area contributed by atoms with Crippen molar-refractivity contribution in [2.75, 3.05) is 0 Å². The Kier molecular flexibility index (Phi) is 7.10. The molecule has 0 saturated heterocycles. The molecule has 0 unspecified atom stereocenters. The van der Waals surface area contributed by atoms with Gasteiger partial charge in [-0.05, 0) is 79.7 Å². The Bertz CT molecular complexity index is 2780. The summed E-state index contributed by atoms with van der Waals surface area (Å²) in [7, 11) is 0. The number of hydrogen-bond acceptors (Lipinski definition) is 8. The predicted molar refractivity (Wildman–Crippen MR) is 205 cm³/mol. The molecule has 53 heavy (non-hydrogen) atoms. The lowest BCUT2D eigenvalue weighted by atomic mass is 10.1. The molecule has 5 heterocycles. The second kappa shape index (κ2) is 12.4. The number of para-hydroxylation sites is 2. The fourth-order valence-corrected chi connectivity index (χ4v) is 7.07. The van der Waals surface area contributed by atoms with Crippen molar-refractivity contribution in [3.05, 3.63) is 158 Å². The summed E-state index contributed by atoms with van der Waals surface area (Å²) in [6, 6.07) is 44.5. The third kappa shape index (κ3) is 5.20. The van der Waals surface area contributed by atoms with E-state index in [-0.39, 0.29) is 0 Å². The number of fused-ring (bicyclic) bond motifs is 6. The first-order valence-corrected chi connectivity index (χ1v) is 17.1. The highest BCUT2D eigenvalue weighted by atomic mass is 16.5. The van der Waals surface area contributed by atoms with Crippen LogP contribution in [-0.2, 0) is 0 Å². The van der Waals surface area contributed by atoms with Gasteiger partial charge in [0.15, 0.2) is 6.33 Å². The fourth-order valence-electron chi connectivity index (χ4n) is 7.07. The van der Waals surface area contributed by atoms with Gasteiger partial charge in [-0.15, -0.1) is 20.4 Å². The van der Waals surface area contributed by atoms with Gasteiger partial charge in [-0.3, -0.25) is 9.13 Å². The van der Waals surface area contributed by atoms with E-state index < -0.39 is 0 Å². The Morgan fingerprint density at radius 2 is 0.943 bits per heavy atom. The summed E-state index contributed by atoms with van der Waals surface area (Å²) in [6.07, 6.45) is 4.91. The average Bonchev–Trinajstić information content (AvgIpc) is 3.72. The van der Waals surface area contributed by atoms with E-state index in [1.54, 1.807) is 12.4 Å². The SMILES string of the molecule is Cc1c(Oc2ccc3c4ccccc4n(-c4ccccn4)c3c2)cc(-c2nncnn2)cc1Oc1ccc2c3ccccc3n(-c3ccccn3)c2c1. The molecule has 10 heteroatoms. The molecule has 5 aromatic carbocycles. The van der Waals surface area contributed by atoms with Crippen LogP contribution in [0.25, 0.3) is 66.6 Å². The molecule has 0 bridgehead atoms. The Labute approximate surface area is 302 Å². The molecule has 252 valence electrons. The summed E-state index contributed by atoms with van der Waals surface area (Å²) in [5.74, 6) is 4.45. The Morgan fingerprint density at radius 1 is 0.472 bits per heavy atom. The number of rotatable bonds is 7. The van der Waals surface area contributed by atoms with Gasteiger partial charge < -0.3 is 9.47 Å². The normalized spacial score (nSPS) is 11.5. The molecule has 10 rings (SSSR count). The van der Waals surface area contributed by atoms with Crippen molar-refractivity contribution in [3.8, 4) is 46.0 Å². The highest BCUT2D eigenvalue weighted by Gasteiger charge is 2.19. The van der Waals surface area contributed by atoms with Gasteiger partial charge in [-0.1, -0.05) is 48.5 Å². The van der Waals surface area contributed by atoms with E-state index in [0.717, 1.165) is 60.8 Å². The molecule has 0 fully saturated rings. The second-order valence-corrected chi connectivity index (χ2v) is 12.6. The van der Waals surface area contributed by atoms with Gasteiger partial charge >= 0.3 is 0 Å². The summed E-state index contributed by atoms with van der Waals surface area (Å²) in [4.78, 5) is 9.35. The Balaban J connectivity index is 1.09. The van der Waals surface area contributed by atoms with Crippen molar-refractivity contribution in [3.63, 3.8) is 0 Å². The quantitative estimate of drug-likeness (QED) is 0.163. The van der Waals surface area contributed by atoms with Gasteiger partial charge in [0.05, 0.1) is 22.1 Å². The van der Waals surface area contributed by atoms with Crippen LogP contribution in [0.4, 0.5) is 0 Å². The number of ether oxygens (including phenoxy) is 2. The van der Waals surface area contributed by atoms with Gasteiger partial charge in [-0.2, -0.15) is 0 Å². The maximum absolute atomic E-state index is 6.71. The number of hydrogen-bond donors (Lipinski definition) is 0. The molecule has 0 N–H and O–H groups in total. The topological polar surface area (TPSA) is 106 Å². The molecule has 0 spiro atoms. The third-order valence-electron chi connectivity index (χ3n) is 9.48. The molecule has 0 aliphatic rings. The minimum Gasteiger partial charge on any atom is -0.457 e. The van der Waals surface area contributed by atoms with Crippen LogP contribution >= 0.6 is 0 Å². The molecule has 0 aliphatic carbocycles. The highest BCUT2D eigenvalue weighted by Crippen LogP contribution is 2.41. The van der Waals surface area contributed by atoms with Crippen molar-refractivity contribution in [2.45, 2.75) is 6.92 Å². The van der Waals surface area contributed by atoms with Crippen LogP contribution in [0.1, 0.15) is 5.56 Å². The zero-order valence-corrected chi connectivity index (χ0v) is 28.3. The zero-order chi connectivity index (χ0) is 35.3. The van der Waals surface area contributed by atoms with Crippen LogP contribution in [-0.4, -0.2) is 39.5 Å². The summed E-state index contributed by atoms with van der Waals surface area (Å²) in [6.45, 7) is 1.98. The van der Waals surface area contributed by atoms with E-state index in [1.807, 2.05) is 91.9 Å². The van der Waals surface area contributed by atoms with E-state index in [2.05, 4.69) is 88.0 Å². The second-order valence-electron chi connectivity index (χ2n) is 12.6. The van der Waals surface area contributed by atoms with Crippen LogP contribution < -0.4 is 9.47 Å². The van der Waals surface area contributed by atoms with Crippen molar-refractivity contribution in [1.82, 2.24) is 39.5 Å². The highest BCUT2D eigenvalue weighted by molar-refractivity contribution is 6.10. The minimum absolute atomic E-state index is 0.346. The monoisotopic (exact) mass is 688 g/mol. The summed E-state index contributed by atoms with van der Waals surface area (Å²) in [5, 5.41) is 20.9. The number of pyridine rings is 2. The lowest BCUT2D eigenvalue weighted by Gasteiger charge is -2.16. The maximum Gasteiger partial charge on any atom is 0.203 e. The van der Waals surface area contributed by atoms with Crippen LogP contribution in [0.2, 0.25) is 0 Å². The molecule has 0 atom stereocenters. The third-order valence-corrected chi connectivity index (χ3v) is 9.48. The van der Waals surface area contributed by atoms with Gasteiger partial charge in [-0.25, -0.2) is 9.97 Å². The lowest BCUT2D eigenvalue weighted by molar-refractivity contribution is 0.454. The summed E-state index contributed by atoms with van der Waals surface area (Å²) < 4.78 is 17.7. The summed E-state index contributed by atoms with van der Waals surface area (Å²) in [5.41, 5.74) is 5.52. The van der Waals surface area contributed by atoms with Crippen LogP contribution in [0.5, 0.6) is 23.0 Å². The van der Waals surface area contributed by atoms with Crippen molar-refractivity contribution >= 4 is 43.6 Å². The minimum atomic E-state index is 0.346. The predicted octanol–water partition coefficient (Wildman–Crippen LogP) is 9.81. The maximum atomic E-state index is 6.71. The van der Waals surface area contributed by atoms with Crippen molar-refractivity contribution in [1.29, 1.82) is 0 Å². The Morgan fingerprint density at radius 3 is 1.43 bits per heavy atom.